The average molecular weight is 417 g/mol. The number of para-hydroxylation sites is 1. The molecular formula is C22H15N3O6. The molecule has 0 unspecified atom stereocenters. The van der Waals surface area contributed by atoms with Crippen LogP contribution >= 0.6 is 0 Å². The van der Waals surface area contributed by atoms with E-state index in [9.17, 15) is 25.0 Å². The molecule has 3 rings (SSSR count). The summed E-state index contributed by atoms with van der Waals surface area (Å²) in [7, 11) is 0. The van der Waals surface area contributed by atoms with Gasteiger partial charge in [0, 0.05) is 23.8 Å². The number of oxime groups is 1. The van der Waals surface area contributed by atoms with E-state index >= 15 is 0 Å². The molecule has 0 spiro atoms. The number of rotatable bonds is 7. The first-order chi connectivity index (χ1) is 15.0. The Hall–Kier alpha value is -4.66. The maximum Gasteiger partial charge on any atom is 0.365 e. The number of non-ortho nitro benzene ring substituents is 1. The Kier molecular flexibility index (Phi) is 6.59. The molecule has 0 heterocycles. The number of benzene rings is 3. The van der Waals surface area contributed by atoms with E-state index in [2.05, 4.69) is 5.16 Å². The molecule has 0 aliphatic carbocycles. The summed E-state index contributed by atoms with van der Waals surface area (Å²) in [5.41, 5.74) is 1.09. The largest absolute Gasteiger partial charge is 0.365 e. The van der Waals surface area contributed by atoms with E-state index in [-0.39, 0.29) is 22.6 Å². The second-order valence-electron chi connectivity index (χ2n) is 6.17. The van der Waals surface area contributed by atoms with Gasteiger partial charge in [0.2, 0.25) is 0 Å². The molecule has 0 saturated heterocycles. The third kappa shape index (κ3) is 5.45. The van der Waals surface area contributed by atoms with Crippen LogP contribution in [-0.4, -0.2) is 21.5 Å². The zero-order valence-corrected chi connectivity index (χ0v) is 16.0. The fraction of sp³-hybridized carbons (Fsp3) is 0. The van der Waals surface area contributed by atoms with E-state index in [1.165, 1.54) is 42.5 Å². The zero-order valence-electron chi connectivity index (χ0n) is 16.0. The molecule has 3 aromatic rings. The summed E-state index contributed by atoms with van der Waals surface area (Å²) in [5, 5.41) is 25.8. The van der Waals surface area contributed by atoms with Crippen LogP contribution in [0.1, 0.15) is 21.5 Å². The molecule has 0 aliphatic rings. The van der Waals surface area contributed by atoms with Crippen LogP contribution in [0.5, 0.6) is 0 Å². The van der Waals surface area contributed by atoms with Crippen molar-refractivity contribution in [2.75, 3.05) is 0 Å². The SMILES string of the molecule is O=C(ON=C(/C=C\c1ccccc1[N+](=O)[O-])c1ccccc1)c1ccc([N+](=O)[O-])cc1. The Balaban J connectivity index is 1.88. The minimum absolute atomic E-state index is 0.0750. The number of hydrogen-bond acceptors (Lipinski definition) is 7. The Bertz CT molecular complexity index is 1170. The fourth-order valence-electron chi connectivity index (χ4n) is 2.61. The molecule has 0 atom stereocenters. The number of carbonyl (C=O) groups is 1. The predicted molar refractivity (Wildman–Crippen MR) is 114 cm³/mol. The molecule has 3 aromatic carbocycles. The van der Waals surface area contributed by atoms with Gasteiger partial charge in [-0.3, -0.25) is 20.2 Å². The van der Waals surface area contributed by atoms with Gasteiger partial charge < -0.3 is 4.84 Å². The lowest BCUT2D eigenvalue weighted by Gasteiger charge is -2.03. The van der Waals surface area contributed by atoms with Gasteiger partial charge in [-0.25, -0.2) is 4.79 Å². The van der Waals surface area contributed by atoms with Gasteiger partial charge in [-0.2, -0.15) is 0 Å². The van der Waals surface area contributed by atoms with Crippen LogP contribution in [0, 0.1) is 20.2 Å². The number of hydrogen-bond donors (Lipinski definition) is 0. The molecule has 0 saturated carbocycles. The van der Waals surface area contributed by atoms with Crippen molar-refractivity contribution in [2.45, 2.75) is 0 Å². The third-order valence-corrected chi connectivity index (χ3v) is 4.16. The lowest BCUT2D eigenvalue weighted by molar-refractivity contribution is -0.385. The summed E-state index contributed by atoms with van der Waals surface area (Å²) < 4.78 is 0. The molecule has 0 radical (unpaired) electrons. The van der Waals surface area contributed by atoms with E-state index in [1.807, 2.05) is 0 Å². The lowest BCUT2D eigenvalue weighted by atomic mass is 10.1. The van der Waals surface area contributed by atoms with Crippen LogP contribution in [0.3, 0.4) is 0 Å². The van der Waals surface area contributed by atoms with Crippen molar-refractivity contribution in [3.05, 3.63) is 122 Å². The summed E-state index contributed by atoms with van der Waals surface area (Å²) in [4.78, 5) is 38.1. The maximum absolute atomic E-state index is 12.3. The van der Waals surface area contributed by atoms with Crippen molar-refractivity contribution in [3.8, 4) is 0 Å². The first-order valence-electron chi connectivity index (χ1n) is 8.96. The first kappa shape index (κ1) is 21.1. The number of allylic oxidation sites excluding steroid dienone is 1. The van der Waals surface area contributed by atoms with Crippen molar-refractivity contribution >= 4 is 29.1 Å². The molecule has 0 fully saturated rings. The molecule has 154 valence electrons. The molecule has 9 heteroatoms. The summed E-state index contributed by atoms with van der Waals surface area (Å²) in [6.07, 6.45) is 3.00. The van der Waals surface area contributed by atoms with E-state index in [4.69, 9.17) is 4.84 Å². The summed E-state index contributed by atoms with van der Waals surface area (Å²) in [6.45, 7) is 0. The van der Waals surface area contributed by atoms with Crippen LogP contribution in [0.25, 0.3) is 6.08 Å². The standard InChI is InChI=1S/C22H15N3O6/c26-22(18-10-13-19(14-11-18)24(27)28)31-23-20(16-6-2-1-3-7-16)15-12-17-8-4-5-9-21(17)25(29)30/h1-15H/b15-12-,23-20?. The molecule has 0 bridgehead atoms. The summed E-state index contributed by atoms with van der Waals surface area (Å²) in [6, 6.07) is 19.9. The highest BCUT2D eigenvalue weighted by atomic mass is 16.7. The zero-order chi connectivity index (χ0) is 22.2. The Morgan fingerprint density at radius 3 is 2.10 bits per heavy atom. The molecule has 9 nitrogen and oxygen atoms in total. The van der Waals surface area contributed by atoms with Gasteiger partial charge >= 0.3 is 5.97 Å². The van der Waals surface area contributed by atoms with Crippen LogP contribution < -0.4 is 0 Å². The van der Waals surface area contributed by atoms with Gasteiger partial charge in [0.1, 0.15) is 5.71 Å². The normalized spacial score (nSPS) is 11.3. The lowest BCUT2D eigenvalue weighted by Crippen LogP contribution is -2.05. The summed E-state index contributed by atoms with van der Waals surface area (Å²) >= 11 is 0. The molecule has 0 aromatic heterocycles. The Morgan fingerprint density at radius 2 is 1.45 bits per heavy atom. The van der Waals surface area contributed by atoms with Gasteiger partial charge in [0.25, 0.3) is 11.4 Å². The van der Waals surface area contributed by atoms with Crippen LogP contribution in [-0.2, 0) is 4.84 Å². The van der Waals surface area contributed by atoms with E-state index in [0.717, 1.165) is 0 Å². The van der Waals surface area contributed by atoms with Crippen molar-refractivity contribution in [3.63, 3.8) is 0 Å². The number of nitrogens with zero attached hydrogens (tertiary/aromatic N) is 3. The van der Waals surface area contributed by atoms with Crippen molar-refractivity contribution in [2.24, 2.45) is 5.16 Å². The van der Waals surface area contributed by atoms with E-state index < -0.39 is 15.8 Å². The van der Waals surface area contributed by atoms with Crippen molar-refractivity contribution in [1.29, 1.82) is 0 Å². The van der Waals surface area contributed by atoms with Gasteiger partial charge in [0.05, 0.1) is 21.0 Å². The third-order valence-electron chi connectivity index (χ3n) is 4.16. The summed E-state index contributed by atoms with van der Waals surface area (Å²) in [5.74, 6) is -0.803. The first-order valence-corrected chi connectivity index (χ1v) is 8.96. The van der Waals surface area contributed by atoms with Gasteiger partial charge in [0.15, 0.2) is 0 Å². The molecule has 0 aliphatic heterocycles. The minimum atomic E-state index is -0.803. The fourth-order valence-corrected chi connectivity index (χ4v) is 2.61. The highest BCUT2D eigenvalue weighted by Gasteiger charge is 2.13. The predicted octanol–water partition coefficient (Wildman–Crippen LogP) is 4.78. The van der Waals surface area contributed by atoms with Gasteiger partial charge in [-0.15, -0.1) is 0 Å². The molecular weight excluding hydrogens is 402 g/mol. The van der Waals surface area contributed by atoms with Crippen molar-refractivity contribution in [1.82, 2.24) is 0 Å². The number of nitro groups is 2. The smallest absolute Gasteiger partial charge is 0.312 e. The van der Waals surface area contributed by atoms with Gasteiger partial charge in [-0.1, -0.05) is 47.6 Å². The topological polar surface area (TPSA) is 125 Å². The number of nitro benzene ring substituents is 2. The van der Waals surface area contributed by atoms with Crippen LogP contribution in [0.15, 0.2) is 90.1 Å². The highest BCUT2D eigenvalue weighted by molar-refractivity contribution is 6.11. The Labute approximate surface area is 176 Å². The van der Waals surface area contributed by atoms with Crippen molar-refractivity contribution < 1.29 is 19.5 Å². The van der Waals surface area contributed by atoms with Crippen LogP contribution in [0.2, 0.25) is 0 Å². The van der Waals surface area contributed by atoms with E-state index in [1.54, 1.807) is 48.5 Å². The monoisotopic (exact) mass is 417 g/mol. The minimum Gasteiger partial charge on any atom is -0.312 e. The maximum atomic E-state index is 12.3. The molecule has 0 N–H and O–H groups in total. The molecule has 0 amide bonds. The van der Waals surface area contributed by atoms with Gasteiger partial charge in [-0.05, 0) is 30.4 Å². The quantitative estimate of drug-likeness (QED) is 0.236. The number of carbonyl (C=O) groups excluding carboxylic acids is 1. The highest BCUT2D eigenvalue weighted by Crippen LogP contribution is 2.20. The Morgan fingerprint density at radius 1 is 0.806 bits per heavy atom. The molecule has 31 heavy (non-hydrogen) atoms. The van der Waals surface area contributed by atoms with E-state index in [0.29, 0.717) is 11.1 Å². The average Bonchev–Trinajstić information content (AvgIpc) is 2.79. The van der Waals surface area contributed by atoms with Crippen LogP contribution in [0.4, 0.5) is 11.4 Å². The second kappa shape index (κ2) is 9.70. The second-order valence-corrected chi connectivity index (χ2v) is 6.17.